The van der Waals surface area contributed by atoms with Crippen molar-refractivity contribution in [3.8, 4) is 0 Å². The highest BCUT2D eigenvalue weighted by atomic mass is 16.2. The molecule has 0 radical (unpaired) electrons. The Labute approximate surface area is 131 Å². The van der Waals surface area contributed by atoms with Crippen molar-refractivity contribution < 1.29 is 4.79 Å². The molecule has 2 rings (SSSR count). The van der Waals surface area contributed by atoms with E-state index in [1.54, 1.807) is 0 Å². The molecule has 1 atom stereocenters. The quantitative estimate of drug-likeness (QED) is 0.865. The molecule has 2 aliphatic rings. The normalized spacial score (nSPS) is 22.4. The van der Waals surface area contributed by atoms with Gasteiger partial charge in [0.25, 0.3) is 0 Å². The average Bonchev–Trinajstić information content (AvgIpc) is 2.57. The smallest absolute Gasteiger partial charge is 0.225 e. The number of carbonyl (C=O) groups excluding carboxylic acids is 1. The lowest BCUT2D eigenvalue weighted by molar-refractivity contribution is -0.136. The second-order valence-corrected chi connectivity index (χ2v) is 6.03. The molecule has 4 nitrogen and oxygen atoms in total. The lowest BCUT2D eigenvalue weighted by Crippen LogP contribution is -2.53. The van der Waals surface area contributed by atoms with Gasteiger partial charge in [0.15, 0.2) is 0 Å². The standard InChI is InChI=1S/C15H29N3O.C2H6/c1-3-4-13(2)15(19)18-9-5-14(6-10-18)17-11-7-16-8-12-17;1-2/h13-14,16H,3-12H2,1-2H3;1-2H3. The van der Waals surface area contributed by atoms with Crippen LogP contribution in [-0.2, 0) is 4.79 Å². The molecule has 0 aromatic heterocycles. The van der Waals surface area contributed by atoms with Gasteiger partial charge in [-0.2, -0.15) is 0 Å². The summed E-state index contributed by atoms with van der Waals surface area (Å²) in [6, 6.07) is 0.702. The Kier molecular flexibility index (Phi) is 8.93. The minimum absolute atomic E-state index is 0.209. The van der Waals surface area contributed by atoms with Crippen molar-refractivity contribution in [2.45, 2.75) is 59.4 Å². The molecule has 0 bridgehead atoms. The van der Waals surface area contributed by atoms with Gasteiger partial charge in [-0.1, -0.05) is 34.1 Å². The Balaban J connectivity index is 0.00000106. The summed E-state index contributed by atoms with van der Waals surface area (Å²) in [7, 11) is 0. The van der Waals surface area contributed by atoms with Gasteiger partial charge < -0.3 is 10.2 Å². The highest BCUT2D eigenvalue weighted by Crippen LogP contribution is 2.19. The third kappa shape index (κ3) is 5.59. The number of nitrogens with one attached hydrogen (secondary N) is 1. The Hall–Kier alpha value is -0.610. The van der Waals surface area contributed by atoms with E-state index in [0.717, 1.165) is 51.9 Å². The van der Waals surface area contributed by atoms with Crippen molar-refractivity contribution in [1.29, 1.82) is 0 Å². The molecule has 0 aromatic rings. The number of piperidine rings is 1. The molecule has 1 amide bonds. The molecular weight excluding hydrogens is 262 g/mol. The van der Waals surface area contributed by atoms with E-state index in [2.05, 4.69) is 29.0 Å². The van der Waals surface area contributed by atoms with Gasteiger partial charge in [-0.25, -0.2) is 0 Å². The van der Waals surface area contributed by atoms with E-state index in [4.69, 9.17) is 0 Å². The predicted octanol–water partition coefficient (Wildman–Crippen LogP) is 2.34. The van der Waals surface area contributed by atoms with Crippen molar-refractivity contribution in [2.24, 2.45) is 5.92 Å². The summed E-state index contributed by atoms with van der Waals surface area (Å²) >= 11 is 0. The Morgan fingerprint density at radius 2 is 1.71 bits per heavy atom. The fraction of sp³-hybridized carbons (Fsp3) is 0.941. The van der Waals surface area contributed by atoms with Crippen LogP contribution in [0.3, 0.4) is 0 Å². The number of hydrogen-bond acceptors (Lipinski definition) is 3. The molecule has 0 saturated carbocycles. The number of rotatable bonds is 4. The van der Waals surface area contributed by atoms with E-state index in [9.17, 15) is 4.79 Å². The van der Waals surface area contributed by atoms with Crippen molar-refractivity contribution in [3.05, 3.63) is 0 Å². The first-order valence-electron chi connectivity index (χ1n) is 8.96. The van der Waals surface area contributed by atoms with E-state index in [1.165, 1.54) is 13.1 Å². The minimum Gasteiger partial charge on any atom is -0.342 e. The second-order valence-electron chi connectivity index (χ2n) is 6.03. The van der Waals surface area contributed by atoms with Crippen LogP contribution in [0.2, 0.25) is 0 Å². The van der Waals surface area contributed by atoms with Crippen molar-refractivity contribution in [3.63, 3.8) is 0 Å². The van der Waals surface area contributed by atoms with E-state index in [0.29, 0.717) is 11.9 Å². The van der Waals surface area contributed by atoms with Gasteiger partial charge in [0, 0.05) is 51.2 Å². The monoisotopic (exact) mass is 297 g/mol. The fourth-order valence-corrected chi connectivity index (χ4v) is 3.37. The third-order valence-corrected chi connectivity index (χ3v) is 4.59. The van der Waals surface area contributed by atoms with Crippen LogP contribution in [0.1, 0.15) is 53.4 Å². The van der Waals surface area contributed by atoms with E-state index < -0.39 is 0 Å². The maximum Gasteiger partial charge on any atom is 0.225 e. The van der Waals surface area contributed by atoms with Gasteiger partial charge in [-0.05, 0) is 19.3 Å². The van der Waals surface area contributed by atoms with Gasteiger partial charge in [-0.15, -0.1) is 0 Å². The molecule has 1 unspecified atom stereocenters. The van der Waals surface area contributed by atoms with E-state index in [1.807, 2.05) is 13.8 Å². The van der Waals surface area contributed by atoms with Crippen LogP contribution in [0, 0.1) is 5.92 Å². The summed E-state index contributed by atoms with van der Waals surface area (Å²) in [4.78, 5) is 17.0. The fourth-order valence-electron chi connectivity index (χ4n) is 3.37. The van der Waals surface area contributed by atoms with E-state index in [-0.39, 0.29) is 5.92 Å². The number of amides is 1. The molecule has 2 fully saturated rings. The molecule has 124 valence electrons. The van der Waals surface area contributed by atoms with Gasteiger partial charge >= 0.3 is 0 Å². The zero-order chi connectivity index (χ0) is 15.7. The predicted molar refractivity (Wildman–Crippen MR) is 89.5 cm³/mol. The van der Waals surface area contributed by atoms with Crippen LogP contribution in [0.4, 0.5) is 0 Å². The first-order chi connectivity index (χ1) is 10.2. The summed E-state index contributed by atoms with van der Waals surface area (Å²) in [6.07, 6.45) is 4.44. The minimum atomic E-state index is 0.209. The number of nitrogens with zero attached hydrogens (tertiary/aromatic N) is 2. The van der Waals surface area contributed by atoms with Crippen LogP contribution < -0.4 is 5.32 Å². The van der Waals surface area contributed by atoms with Crippen LogP contribution in [0.5, 0.6) is 0 Å². The van der Waals surface area contributed by atoms with Gasteiger partial charge in [0.2, 0.25) is 5.91 Å². The topological polar surface area (TPSA) is 35.6 Å². The largest absolute Gasteiger partial charge is 0.342 e. The molecule has 4 heteroatoms. The lowest BCUT2D eigenvalue weighted by Gasteiger charge is -2.40. The molecule has 1 N–H and O–H groups in total. The number of piperazine rings is 1. The van der Waals surface area contributed by atoms with Gasteiger partial charge in [-0.3, -0.25) is 9.69 Å². The van der Waals surface area contributed by atoms with E-state index >= 15 is 0 Å². The Bertz CT molecular complexity index is 282. The van der Waals surface area contributed by atoms with Crippen LogP contribution in [0.25, 0.3) is 0 Å². The zero-order valence-electron chi connectivity index (χ0n) is 14.5. The van der Waals surface area contributed by atoms with Crippen molar-refractivity contribution >= 4 is 5.91 Å². The molecule has 0 aromatic carbocycles. The zero-order valence-corrected chi connectivity index (χ0v) is 14.5. The summed E-state index contributed by atoms with van der Waals surface area (Å²) < 4.78 is 0. The first kappa shape index (κ1) is 18.4. The number of hydrogen-bond donors (Lipinski definition) is 1. The molecule has 0 spiro atoms. The average molecular weight is 297 g/mol. The van der Waals surface area contributed by atoms with Crippen molar-refractivity contribution in [2.75, 3.05) is 39.3 Å². The Morgan fingerprint density at radius 3 is 2.24 bits per heavy atom. The number of likely N-dealkylation sites (tertiary alicyclic amines) is 1. The highest BCUT2D eigenvalue weighted by molar-refractivity contribution is 5.78. The lowest BCUT2D eigenvalue weighted by atomic mass is 9.99. The third-order valence-electron chi connectivity index (χ3n) is 4.59. The molecule has 2 heterocycles. The van der Waals surface area contributed by atoms with Gasteiger partial charge in [0.1, 0.15) is 0 Å². The second kappa shape index (κ2) is 10.2. The summed E-state index contributed by atoms with van der Waals surface area (Å²) in [6.45, 7) is 14.7. The molecule has 0 aliphatic carbocycles. The molecule has 2 saturated heterocycles. The highest BCUT2D eigenvalue weighted by Gasteiger charge is 2.28. The van der Waals surface area contributed by atoms with Gasteiger partial charge in [0.05, 0.1) is 0 Å². The maximum atomic E-state index is 12.3. The van der Waals surface area contributed by atoms with Crippen molar-refractivity contribution in [1.82, 2.24) is 15.1 Å². The summed E-state index contributed by atoms with van der Waals surface area (Å²) in [5, 5.41) is 3.40. The molecule has 21 heavy (non-hydrogen) atoms. The van der Waals surface area contributed by atoms with Crippen LogP contribution >= 0.6 is 0 Å². The van der Waals surface area contributed by atoms with Crippen LogP contribution in [0.15, 0.2) is 0 Å². The van der Waals surface area contributed by atoms with Crippen LogP contribution in [-0.4, -0.2) is 61.0 Å². The molecule has 2 aliphatic heterocycles. The summed E-state index contributed by atoms with van der Waals surface area (Å²) in [5.74, 6) is 0.585. The maximum absolute atomic E-state index is 12.3. The summed E-state index contributed by atoms with van der Waals surface area (Å²) in [5.41, 5.74) is 0. The molecular formula is C17H35N3O. The SMILES string of the molecule is CC.CCCC(C)C(=O)N1CCC(N2CCNCC2)CC1. The number of carbonyl (C=O) groups is 1. The Morgan fingerprint density at radius 1 is 1.14 bits per heavy atom. The first-order valence-corrected chi connectivity index (χ1v) is 8.96.